The second-order valence-corrected chi connectivity index (χ2v) is 10.2. The molecule has 0 aliphatic carbocycles. The van der Waals surface area contributed by atoms with Crippen LogP contribution in [0, 0.1) is 19.8 Å². The van der Waals surface area contributed by atoms with Crippen molar-refractivity contribution in [1.29, 1.82) is 0 Å². The zero-order chi connectivity index (χ0) is 23.6. The van der Waals surface area contributed by atoms with Crippen LogP contribution in [-0.4, -0.2) is 28.1 Å². The van der Waals surface area contributed by atoms with Crippen LogP contribution in [-0.2, 0) is 22.0 Å². The molecule has 2 atom stereocenters. The molecule has 0 spiro atoms. The first-order valence-corrected chi connectivity index (χ1v) is 11.9. The van der Waals surface area contributed by atoms with Gasteiger partial charge in [0.15, 0.2) is 5.82 Å². The summed E-state index contributed by atoms with van der Waals surface area (Å²) in [6, 6.07) is 6.35. The zero-order valence-electron chi connectivity index (χ0n) is 21.1. The molecule has 0 N–H and O–H groups in total. The van der Waals surface area contributed by atoms with Crippen molar-refractivity contribution >= 4 is 17.5 Å². The topological polar surface area (TPSA) is 56.5 Å². The van der Waals surface area contributed by atoms with E-state index in [1.807, 2.05) is 18.7 Å². The number of unbranched alkanes of at least 4 members (excludes halogenated alkanes) is 3. The summed E-state index contributed by atoms with van der Waals surface area (Å²) in [6.45, 7) is 15.4. The molecule has 1 aliphatic rings. The maximum Gasteiger partial charge on any atom is 0.315 e. The Kier molecular flexibility index (Phi) is 7.26. The van der Waals surface area contributed by atoms with Gasteiger partial charge in [0.1, 0.15) is 5.92 Å². The lowest BCUT2D eigenvalue weighted by Gasteiger charge is -2.33. The molecule has 0 saturated carbocycles. The van der Waals surface area contributed by atoms with E-state index in [1.54, 1.807) is 0 Å². The third-order valence-electron chi connectivity index (χ3n) is 6.62. The fourth-order valence-electron chi connectivity index (χ4n) is 4.69. The highest BCUT2D eigenvalue weighted by molar-refractivity contribution is 6.05. The van der Waals surface area contributed by atoms with E-state index >= 15 is 0 Å². The molecule has 2 heterocycles. The van der Waals surface area contributed by atoms with Gasteiger partial charge in [0.05, 0.1) is 12.3 Å². The predicted molar refractivity (Wildman–Crippen MR) is 131 cm³/mol. The number of rotatable bonds is 7. The molecular weight excluding hydrogens is 398 g/mol. The van der Waals surface area contributed by atoms with E-state index in [4.69, 9.17) is 14.8 Å². The van der Waals surface area contributed by atoms with Gasteiger partial charge >= 0.3 is 5.97 Å². The van der Waals surface area contributed by atoms with Gasteiger partial charge in [-0.15, -0.1) is 0 Å². The van der Waals surface area contributed by atoms with E-state index < -0.39 is 5.92 Å². The van der Waals surface area contributed by atoms with Crippen molar-refractivity contribution in [2.24, 2.45) is 18.0 Å². The molecule has 0 amide bonds. The first kappa shape index (κ1) is 24.2. The second-order valence-electron chi connectivity index (χ2n) is 10.2. The Labute approximate surface area is 193 Å². The molecule has 2 unspecified atom stereocenters. The highest BCUT2D eigenvalue weighted by Gasteiger charge is 2.44. The highest BCUT2D eigenvalue weighted by Crippen LogP contribution is 2.48. The van der Waals surface area contributed by atoms with Crippen LogP contribution >= 0.6 is 0 Å². The number of aromatic nitrogens is 2. The lowest BCUT2D eigenvalue weighted by atomic mass is 9.72. The third-order valence-corrected chi connectivity index (χ3v) is 6.62. The normalized spacial score (nSPS) is 18.3. The Morgan fingerprint density at radius 2 is 1.84 bits per heavy atom. The highest BCUT2D eigenvalue weighted by atomic mass is 16.5. The molecule has 3 rings (SSSR count). The Morgan fingerprint density at radius 1 is 1.12 bits per heavy atom. The van der Waals surface area contributed by atoms with Crippen LogP contribution < -0.4 is 0 Å². The van der Waals surface area contributed by atoms with Gasteiger partial charge in [-0.1, -0.05) is 65.2 Å². The van der Waals surface area contributed by atoms with Crippen molar-refractivity contribution in [3.05, 3.63) is 46.1 Å². The minimum absolute atomic E-state index is 0.159. The number of carbonyl (C=O) groups excluding carboxylic acids is 1. The molecule has 1 aliphatic heterocycles. The first-order chi connectivity index (χ1) is 15.1. The van der Waals surface area contributed by atoms with Gasteiger partial charge in [0, 0.05) is 29.7 Å². The number of fused-ring (bicyclic) bond motifs is 1. The summed E-state index contributed by atoms with van der Waals surface area (Å²) in [5.41, 5.74) is 6.28. The molecule has 0 fully saturated rings. The summed E-state index contributed by atoms with van der Waals surface area (Å²) >= 11 is 0. The zero-order valence-corrected chi connectivity index (χ0v) is 21.1. The summed E-state index contributed by atoms with van der Waals surface area (Å²) in [5.74, 6) is 0.0706. The molecule has 0 saturated heterocycles. The molecule has 1 aromatic heterocycles. The fourth-order valence-corrected chi connectivity index (χ4v) is 4.69. The summed E-state index contributed by atoms with van der Waals surface area (Å²) in [5, 5.41) is 4.87. The smallest absolute Gasteiger partial charge is 0.315 e. The van der Waals surface area contributed by atoms with Crippen molar-refractivity contribution in [3.8, 4) is 0 Å². The van der Waals surface area contributed by atoms with E-state index in [0.29, 0.717) is 6.61 Å². The van der Waals surface area contributed by atoms with Gasteiger partial charge in [0.2, 0.25) is 0 Å². The summed E-state index contributed by atoms with van der Waals surface area (Å²) in [7, 11) is 1.94. The number of aryl methyl sites for hydroxylation is 2. The Morgan fingerprint density at radius 3 is 2.50 bits per heavy atom. The number of hydrogen-bond acceptors (Lipinski definition) is 4. The Bertz CT molecular complexity index is 1010. The number of nitrogens with zero attached hydrogens (tertiary/aromatic N) is 3. The van der Waals surface area contributed by atoms with Crippen LogP contribution in [0.1, 0.15) is 94.2 Å². The quantitative estimate of drug-likeness (QED) is 0.377. The molecule has 1 aromatic carbocycles. The van der Waals surface area contributed by atoms with Gasteiger partial charge in [0.25, 0.3) is 0 Å². The largest absolute Gasteiger partial charge is 0.465 e. The number of esters is 1. The molecule has 2 aromatic rings. The number of ether oxygens (including phenoxy) is 1. The third kappa shape index (κ3) is 4.67. The van der Waals surface area contributed by atoms with Gasteiger partial charge in [-0.25, -0.2) is 4.99 Å². The summed E-state index contributed by atoms with van der Waals surface area (Å²) < 4.78 is 7.69. The van der Waals surface area contributed by atoms with Gasteiger partial charge < -0.3 is 4.74 Å². The lowest BCUT2D eigenvalue weighted by molar-refractivity contribution is -0.146. The van der Waals surface area contributed by atoms with Crippen molar-refractivity contribution in [1.82, 2.24) is 9.78 Å². The Hall–Kier alpha value is -2.43. The number of hydrogen-bond donors (Lipinski definition) is 0. The first-order valence-electron chi connectivity index (χ1n) is 11.9. The van der Waals surface area contributed by atoms with E-state index in [1.165, 1.54) is 17.5 Å². The van der Waals surface area contributed by atoms with Gasteiger partial charge in [-0.05, 0) is 43.9 Å². The molecule has 32 heavy (non-hydrogen) atoms. The van der Waals surface area contributed by atoms with Gasteiger partial charge in [-0.3, -0.25) is 9.48 Å². The van der Waals surface area contributed by atoms with Crippen LogP contribution in [0.3, 0.4) is 0 Å². The predicted octanol–water partition coefficient (Wildman–Crippen LogP) is 6.31. The SMILES string of the molecule is CCCCCCOC(=O)C1C(C)=Nc2c(c(C(C)(C)C)nn2C)C1c1cccc(C)c1C. The van der Waals surface area contributed by atoms with Crippen LogP contribution in [0.5, 0.6) is 0 Å². The van der Waals surface area contributed by atoms with E-state index in [0.717, 1.165) is 47.6 Å². The molecule has 0 radical (unpaired) electrons. The second kappa shape index (κ2) is 9.60. The number of carbonyl (C=O) groups is 1. The maximum absolute atomic E-state index is 13.5. The van der Waals surface area contributed by atoms with Crippen molar-refractivity contribution < 1.29 is 9.53 Å². The average Bonchev–Trinajstić information content (AvgIpc) is 3.05. The average molecular weight is 438 g/mol. The Balaban J connectivity index is 2.11. The summed E-state index contributed by atoms with van der Waals surface area (Å²) in [6.07, 6.45) is 4.32. The van der Waals surface area contributed by atoms with Crippen LogP contribution in [0.2, 0.25) is 0 Å². The molecule has 174 valence electrons. The lowest BCUT2D eigenvalue weighted by Crippen LogP contribution is -2.35. The minimum Gasteiger partial charge on any atom is -0.465 e. The number of benzene rings is 1. The van der Waals surface area contributed by atoms with E-state index in [-0.39, 0.29) is 17.3 Å². The van der Waals surface area contributed by atoms with Gasteiger partial charge in [-0.2, -0.15) is 5.10 Å². The minimum atomic E-state index is -0.445. The standard InChI is InChI=1S/C27H39N3O2/c1-9-10-11-12-16-32-26(31)21-19(4)28-25-23(24(27(5,6)7)29-30(25)8)22(21)20-15-13-14-17(2)18(20)3/h13-15,21-22H,9-12,16H2,1-8H3. The van der Waals surface area contributed by atoms with Crippen LogP contribution in [0.4, 0.5) is 5.82 Å². The molecule has 5 heteroatoms. The molecule has 5 nitrogen and oxygen atoms in total. The monoisotopic (exact) mass is 437 g/mol. The number of aliphatic imine (C=N–C) groups is 1. The van der Waals surface area contributed by atoms with Crippen LogP contribution in [0.15, 0.2) is 23.2 Å². The van der Waals surface area contributed by atoms with Crippen molar-refractivity contribution in [2.45, 2.75) is 85.5 Å². The van der Waals surface area contributed by atoms with Crippen molar-refractivity contribution in [2.75, 3.05) is 6.61 Å². The molecular formula is C27H39N3O2. The van der Waals surface area contributed by atoms with E-state index in [9.17, 15) is 4.79 Å². The maximum atomic E-state index is 13.5. The van der Waals surface area contributed by atoms with Crippen LogP contribution in [0.25, 0.3) is 0 Å². The van der Waals surface area contributed by atoms with Crippen molar-refractivity contribution in [3.63, 3.8) is 0 Å². The molecule has 0 bridgehead atoms. The van der Waals surface area contributed by atoms with E-state index in [2.05, 4.69) is 59.7 Å². The summed E-state index contributed by atoms with van der Waals surface area (Å²) in [4.78, 5) is 18.4. The fraction of sp³-hybridized carbons (Fsp3) is 0.593.